The molecule has 1 saturated heterocycles. The number of nitrogens with one attached hydrogen (secondary N) is 2. The summed E-state index contributed by atoms with van der Waals surface area (Å²) in [6.45, 7) is 4.14. The predicted molar refractivity (Wildman–Crippen MR) is 66.0 cm³/mol. The molecule has 2 N–H and O–H groups in total. The van der Waals surface area contributed by atoms with Gasteiger partial charge in [-0.1, -0.05) is 0 Å². The molecular formula is C12H22N2O4. The zero-order valence-corrected chi connectivity index (χ0v) is 11.0. The lowest BCUT2D eigenvalue weighted by atomic mass is 10.0. The van der Waals surface area contributed by atoms with Crippen molar-refractivity contribution in [1.82, 2.24) is 10.6 Å². The first kappa shape index (κ1) is 14.9. The number of ether oxygens (including phenoxy) is 2. The number of rotatable bonds is 6. The van der Waals surface area contributed by atoms with Crippen LogP contribution in [0, 0.1) is 5.92 Å². The van der Waals surface area contributed by atoms with Crippen molar-refractivity contribution in [2.45, 2.75) is 25.8 Å². The number of methoxy groups -OCH3 is 1. The van der Waals surface area contributed by atoms with Crippen LogP contribution in [0.3, 0.4) is 0 Å². The van der Waals surface area contributed by atoms with Crippen LogP contribution in [-0.4, -0.2) is 51.3 Å². The van der Waals surface area contributed by atoms with E-state index in [4.69, 9.17) is 4.74 Å². The molecular weight excluding hydrogens is 236 g/mol. The van der Waals surface area contributed by atoms with Gasteiger partial charge in [0.2, 0.25) is 5.91 Å². The topological polar surface area (TPSA) is 76.7 Å². The standard InChI is InChI=1S/C12H22N2O4/c1-9(15)14-11(12(16)17-2)7-13-6-10-4-3-5-18-8-10/h10-11,13H,3-8H2,1-2H3,(H,14,15). The van der Waals surface area contributed by atoms with Crippen LogP contribution in [0.1, 0.15) is 19.8 Å². The summed E-state index contributed by atoms with van der Waals surface area (Å²) in [6.07, 6.45) is 2.22. The van der Waals surface area contributed by atoms with Crippen LogP contribution in [0.25, 0.3) is 0 Å². The summed E-state index contributed by atoms with van der Waals surface area (Å²) in [5.74, 6) is -0.194. The fourth-order valence-electron chi connectivity index (χ4n) is 1.98. The second-order valence-corrected chi connectivity index (χ2v) is 4.52. The van der Waals surface area contributed by atoms with Crippen molar-refractivity contribution in [3.8, 4) is 0 Å². The summed E-state index contributed by atoms with van der Waals surface area (Å²) in [6, 6.07) is -0.628. The van der Waals surface area contributed by atoms with E-state index in [9.17, 15) is 9.59 Å². The van der Waals surface area contributed by atoms with Gasteiger partial charge in [-0.05, 0) is 18.8 Å². The fraction of sp³-hybridized carbons (Fsp3) is 0.833. The molecule has 0 radical (unpaired) electrons. The normalized spacial score (nSPS) is 21.1. The Labute approximate surface area is 107 Å². The molecule has 18 heavy (non-hydrogen) atoms. The molecule has 2 atom stereocenters. The summed E-state index contributed by atoms with van der Waals surface area (Å²) in [7, 11) is 1.31. The molecule has 0 spiro atoms. The van der Waals surface area contributed by atoms with Gasteiger partial charge in [0, 0.05) is 26.6 Å². The molecule has 0 aromatic carbocycles. The minimum absolute atomic E-state index is 0.242. The third-order valence-electron chi connectivity index (χ3n) is 2.90. The predicted octanol–water partition coefficient (Wildman–Crippen LogP) is -0.320. The number of esters is 1. The van der Waals surface area contributed by atoms with Crippen molar-refractivity contribution in [1.29, 1.82) is 0 Å². The monoisotopic (exact) mass is 258 g/mol. The van der Waals surface area contributed by atoms with Gasteiger partial charge in [-0.25, -0.2) is 4.79 Å². The number of hydrogen-bond acceptors (Lipinski definition) is 5. The van der Waals surface area contributed by atoms with Gasteiger partial charge in [0.1, 0.15) is 6.04 Å². The van der Waals surface area contributed by atoms with Crippen molar-refractivity contribution >= 4 is 11.9 Å². The molecule has 0 aromatic rings. The van der Waals surface area contributed by atoms with Crippen LogP contribution in [-0.2, 0) is 19.1 Å². The lowest BCUT2D eigenvalue weighted by molar-refractivity contribution is -0.144. The third-order valence-corrected chi connectivity index (χ3v) is 2.90. The molecule has 0 aromatic heterocycles. The molecule has 0 aliphatic carbocycles. The Balaban J connectivity index is 2.27. The van der Waals surface area contributed by atoms with E-state index in [1.165, 1.54) is 14.0 Å². The van der Waals surface area contributed by atoms with Crippen LogP contribution in [0.2, 0.25) is 0 Å². The first-order valence-corrected chi connectivity index (χ1v) is 6.27. The number of hydrogen-bond donors (Lipinski definition) is 2. The molecule has 1 aliphatic rings. The van der Waals surface area contributed by atoms with Crippen LogP contribution >= 0.6 is 0 Å². The molecule has 6 heteroatoms. The van der Waals surface area contributed by atoms with Crippen molar-refractivity contribution in [3.63, 3.8) is 0 Å². The molecule has 1 aliphatic heterocycles. The Kier molecular flexibility index (Phi) is 6.67. The van der Waals surface area contributed by atoms with Gasteiger partial charge < -0.3 is 20.1 Å². The van der Waals surface area contributed by atoms with Gasteiger partial charge >= 0.3 is 5.97 Å². The van der Waals surface area contributed by atoms with Crippen LogP contribution in [0.15, 0.2) is 0 Å². The van der Waals surface area contributed by atoms with Gasteiger partial charge in [0.15, 0.2) is 0 Å². The van der Waals surface area contributed by atoms with E-state index in [-0.39, 0.29) is 5.91 Å². The van der Waals surface area contributed by atoms with Crippen LogP contribution in [0.5, 0.6) is 0 Å². The minimum Gasteiger partial charge on any atom is -0.467 e. The van der Waals surface area contributed by atoms with E-state index >= 15 is 0 Å². The van der Waals surface area contributed by atoms with Crippen molar-refractivity contribution in [2.75, 3.05) is 33.4 Å². The van der Waals surface area contributed by atoms with E-state index in [1.54, 1.807) is 0 Å². The van der Waals surface area contributed by atoms with E-state index in [0.29, 0.717) is 12.5 Å². The lowest BCUT2D eigenvalue weighted by Crippen LogP contribution is -2.48. The van der Waals surface area contributed by atoms with Crippen LogP contribution in [0.4, 0.5) is 0 Å². The third kappa shape index (κ3) is 5.46. The minimum atomic E-state index is -0.628. The van der Waals surface area contributed by atoms with Gasteiger partial charge in [-0.2, -0.15) is 0 Å². The maximum Gasteiger partial charge on any atom is 0.329 e. The number of carbonyl (C=O) groups is 2. The highest BCUT2D eigenvalue weighted by Crippen LogP contribution is 2.11. The zero-order valence-electron chi connectivity index (χ0n) is 11.0. The summed E-state index contributed by atoms with van der Waals surface area (Å²) in [4.78, 5) is 22.4. The average molecular weight is 258 g/mol. The molecule has 2 unspecified atom stereocenters. The molecule has 6 nitrogen and oxygen atoms in total. The highest BCUT2D eigenvalue weighted by Gasteiger charge is 2.20. The molecule has 0 saturated carbocycles. The second-order valence-electron chi connectivity index (χ2n) is 4.52. The highest BCUT2D eigenvalue weighted by molar-refractivity contribution is 5.83. The largest absolute Gasteiger partial charge is 0.467 e. The van der Waals surface area contributed by atoms with E-state index in [1.807, 2.05) is 0 Å². The molecule has 0 bridgehead atoms. The maximum atomic E-state index is 11.4. The van der Waals surface area contributed by atoms with E-state index in [0.717, 1.165) is 32.6 Å². The quantitative estimate of drug-likeness (QED) is 0.639. The summed E-state index contributed by atoms with van der Waals surface area (Å²) < 4.78 is 10.0. The summed E-state index contributed by atoms with van der Waals surface area (Å²) in [5, 5.41) is 5.74. The van der Waals surface area contributed by atoms with Gasteiger partial charge in [-0.15, -0.1) is 0 Å². The van der Waals surface area contributed by atoms with Crippen LogP contribution < -0.4 is 10.6 Å². The average Bonchev–Trinajstić information content (AvgIpc) is 2.37. The van der Waals surface area contributed by atoms with Gasteiger partial charge in [-0.3, -0.25) is 4.79 Å². The van der Waals surface area contributed by atoms with Crippen molar-refractivity contribution < 1.29 is 19.1 Å². The second kappa shape index (κ2) is 8.05. The number of carbonyl (C=O) groups excluding carboxylic acids is 2. The first-order valence-electron chi connectivity index (χ1n) is 6.27. The highest BCUT2D eigenvalue weighted by atomic mass is 16.5. The molecule has 1 amide bonds. The molecule has 104 valence electrons. The van der Waals surface area contributed by atoms with Crippen molar-refractivity contribution in [3.05, 3.63) is 0 Å². The smallest absolute Gasteiger partial charge is 0.329 e. The maximum absolute atomic E-state index is 11.4. The SMILES string of the molecule is COC(=O)C(CNCC1CCCOC1)NC(C)=O. The Morgan fingerprint density at radius 2 is 2.28 bits per heavy atom. The number of amides is 1. The molecule has 1 rings (SSSR count). The first-order chi connectivity index (χ1) is 8.63. The van der Waals surface area contributed by atoms with Gasteiger partial charge in [0.25, 0.3) is 0 Å². The van der Waals surface area contributed by atoms with E-state index in [2.05, 4.69) is 15.4 Å². The molecule has 1 fully saturated rings. The Morgan fingerprint density at radius 1 is 1.50 bits per heavy atom. The van der Waals surface area contributed by atoms with Gasteiger partial charge in [0.05, 0.1) is 13.7 Å². The van der Waals surface area contributed by atoms with E-state index < -0.39 is 12.0 Å². The molecule has 1 heterocycles. The summed E-state index contributed by atoms with van der Waals surface area (Å²) in [5.41, 5.74) is 0. The Hall–Kier alpha value is -1.14. The zero-order chi connectivity index (χ0) is 13.4. The van der Waals surface area contributed by atoms with Crippen molar-refractivity contribution in [2.24, 2.45) is 5.92 Å². The fourth-order valence-corrected chi connectivity index (χ4v) is 1.98. The Morgan fingerprint density at radius 3 is 2.83 bits per heavy atom. The Bertz CT molecular complexity index is 277. The summed E-state index contributed by atoms with van der Waals surface area (Å²) >= 11 is 0. The lowest BCUT2D eigenvalue weighted by Gasteiger charge is -2.23.